The Hall–Kier alpha value is -1.54. The molecule has 5 heteroatoms. The summed E-state index contributed by atoms with van der Waals surface area (Å²) in [7, 11) is 1.85. The minimum absolute atomic E-state index is 0.222. The zero-order valence-corrected chi connectivity index (χ0v) is 12.0. The highest BCUT2D eigenvalue weighted by Crippen LogP contribution is 2.23. The van der Waals surface area contributed by atoms with Gasteiger partial charge in [0.1, 0.15) is 6.07 Å². The van der Waals surface area contributed by atoms with Crippen molar-refractivity contribution in [2.45, 2.75) is 13.3 Å². The Morgan fingerprint density at radius 3 is 2.89 bits per heavy atom. The van der Waals surface area contributed by atoms with Gasteiger partial charge in [0, 0.05) is 18.1 Å². The molecule has 96 valence electrons. The second-order valence-electron chi connectivity index (χ2n) is 3.75. The number of carbonyl (C=O) groups is 1. The molecule has 0 aliphatic rings. The first-order valence-corrected chi connectivity index (χ1v) is 6.44. The lowest BCUT2D eigenvalue weighted by atomic mass is 10.2. The third kappa shape index (κ3) is 4.04. The second kappa shape index (κ2) is 7.02. The molecule has 0 atom stereocenters. The van der Waals surface area contributed by atoms with Crippen molar-refractivity contribution in [3.8, 4) is 6.07 Å². The fourth-order valence-electron chi connectivity index (χ4n) is 1.54. The van der Waals surface area contributed by atoms with Crippen molar-refractivity contribution in [3.05, 3.63) is 28.2 Å². The third-order valence-electron chi connectivity index (χ3n) is 2.45. The van der Waals surface area contributed by atoms with E-state index in [1.54, 1.807) is 13.0 Å². The van der Waals surface area contributed by atoms with E-state index in [9.17, 15) is 4.79 Å². The molecule has 1 rings (SSSR count). The van der Waals surface area contributed by atoms with Gasteiger partial charge in [-0.3, -0.25) is 4.79 Å². The molecule has 0 amide bonds. The molecule has 0 bridgehead atoms. The quantitative estimate of drug-likeness (QED) is 0.785. The molecule has 1 aromatic carbocycles. The summed E-state index contributed by atoms with van der Waals surface area (Å²) in [5.74, 6) is -0.222. The van der Waals surface area contributed by atoms with E-state index in [2.05, 4.69) is 22.0 Å². The summed E-state index contributed by atoms with van der Waals surface area (Å²) in [5.41, 5.74) is 1.39. The zero-order chi connectivity index (χ0) is 13.5. The molecule has 0 heterocycles. The van der Waals surface area contributed by atoms with Gasteiger partial charge >= 0.3 is 5.97 Å². The lowest BCUT2D eigenvalue weighted by molar-refractivity contribution is -0.142. The van der Waals surface area contributed by atoms with Crippen LogP contribution in [0.4, 0.5) is 5.69 Å². The van der Waals surface area contributed by atoms with Gasteiger partial charge in [-0.25, -0.2) is 0 Å². The first-order chi connectivity index (χ1) is 8.58. The number of nitrogens with zero attached hydrogens (tertiary/aromatic N) is 2. The van der Waals surface area contributed by atoms with Crippen LogP contribution in [0.1, 0.15) is 18.9 Å². The van der Waals surface area contributed by atoms with Crippen LogP contribution >= 0.6 is 15.9 Å². The summed E-state index contributed by atoms with van der Waals surface area (Å²) in [4.78, 5) is 13.1. The normalized spacial score (nSPS) is 9.67. The van der Waals surface area contributed by atoms with E-state index in [0.717, 1.165) is 10.2 Å². The van der Waals surface area contributed by atoms with Crippen LogP contribution < -0.4 is 4.90 Å². The predicted octanol–water partition coefficient (Wildman–Crippen LogP) is 2.71. The van der Waals surface area contributed by atoms with Gasteiger partial charge in [0.2, 0.25) is 0 Å². The zero-order valence-electron chi connectivity index (χ0n) is 10.4. The van der Waals surface area contributed by atoms with Gasteiger partial charge in [-0.05, 0) is 25.1 Å². The van der Waals surface area contributed by atoms with Gasteiger partial charge in [-0.2, -0.15) is 5.26 Å². The van der Waals surface area contributed by atoms with Crippen molar-refractivity contribution in [1.29, 1.82) is 5.26 Å². The summed E-state index contributed by atoms with van der Waals surface area (Å²) in [6.07, 6.45) is 0.311. The number of nitriles is 1. The Labute approximate surface area is 115 Å². The molecule has 0 unspecified atom stereocenters. The van der Waals surface area contributed by atoms with Crippen LogP contribution in [-0.2, 0) is 9.53 Å². The van der Waals surface area contributed by atoms with Gasteiger partial charge < -0.3 is 9.64 Å². The van der Waals surface area contributed by atoms with Crippen LogP contribution in [0, 0.1) is 11.3 Å². The highest BCUT2D eigenvalue weighted by Gasteiger charge is 2.10. The number of carbonyl (C=O) groups excluding carboxylic acids is 1. The molecule has 0 aliphatic carbocycles. The molecule has 0 saturated carbocycles. The molecule has 4 nitrogen and oxygen atoms in total. The molecule has 0 spiro atoms. The molecule has 0 saturated heterocycles. The number of ether oxygens (including phenoxy) is 1. The fraction of sp³-hybridized carbons (Fsp3) is 0.385. The van der Waals surface area contributed by atoms with Crippen LogP contribution in [0.15, 0.2) is 22.7 Å². The monoisotopic (exact) mass is 310 g/mol. The smallest absolute Gasteiger partial charge is 0.307 e. The average Bonchev–Trinajstić information content (AvgIpc) is 2.36. The maximum absolute atomic E-state index is 11.3. The molecular weight excluding hydrogens is 296 g/mol. The maximum atomic E-state index is 11.3. The van der Waals surface area contributed by atoms with Crippen LogP contribution in [0.25, 0.3) is 0 Å². The van der Waals surface area contributed by atoms with Gasteiger partial charge in [0.05, 0.1) is 24.3 Å². The minimum atomic E-state index is -0.222. The molecule has 0 fully saturated rings. The van der Waals surface area contributed by atoms with Gasteiger partial charge in [0.15, 0.2) is 0 Å². The van der Waals surface area contributed by atoms with Gasteiger partial charge in [0.25, 0.3) is 0 Å². The molecule has 0 aromatic heterocycles. The summed E-state index contributed by atoms with van der Waals surface area (Å²) < 4.78 is 5.73. The van der Waals surface area contributed by atoms with Crippen molar-refractivity contribution in [1.82, 2.24) is 0 Å². The Balaban J connectivity index is 2.70. The van der Waals surface area contributed by atoms with E-state index in [0.29, 0.717) is 25.1 Å². The Morgan fingerprint density at radius 2 is 2.28 bits per heavy atom. The number of rotatable bonds is 5. The maximum Gasteiger partial charge on any atom is 0.307 e. The van der Waals surface area contributed by atoms with Gasteiger partial charge in [-0.15, -0.1) is 0 Å². The lowest BCUT2D eigenvalue weighted by Gasteiger charge is -2.20. The molecular formula is C13H15BrN2O2. The van der Waals surface area contributed by atoms with E-state index < -0.39 is 0 Å². The van der Waals surface area contributed by atoms with E-state index in [1.165, 1.54) is 0 Å². The Bertz CT molecular complexity index is 469. The SMILES string of the molecule is CCOC(=O)CCN(C)c1ccc(Br)cc1C#N. The number of hydrogen-bond donors (Lipinski definition) is 0. The highest BCUT2D eigenvalue weighted by atomic mass is 79.9. The number of esters is 1. The van der Waals surface area contributed by atoms with Crippen LogP contribution in [-0.4, -0.2) is 26.2 Å². The molecule has 0 N–H and O–H groups in total. The van der Waals surface area contributed by atoms with E-state index in [1.807, 2.05) is 24.1 Å². The third-order valence-corrected chi connectivity index (χ3v) is 2.94. The number of benzene rings is 1. The second-order valence-corrected chi connectivity index (χ2v) is 4.67. The molecule has 0 aliphatic heterocycles. The van der Waals surface area contributed by atoms with E-state index in [-0.39, 0.29) is 5.97 Å². The average molecular weight is 311 g/mol. The van der Waals surface area contributed by atoms with Gasteiger partial charge in [-0.1, -0.05) is 15.9 Å². The summed E-state index contributed by atoms with van der Waals surface area (Å²) >= 11 is 3.33. The van der Waals surface area contributed by atoms with E-state index >= 15 is 0 Å². The van der Waals surface area contributed by atoms with Crippen LogP contribution in [0.5, 0.6) is 0 Å². The largest absolute Gasteiger partial charge is 0.466 e. The van der Waals surface area contributed by atoms with Crippen molar-refractivity contribution in [2.24, 2.45) is 0 Å². The Kier molecular flexibility index (Phi) is 5.66. The highest BCUT2D eigenvalue weighted by molar-refractivity contribution is 9.10. The van der Waals surface area contributed by atoms with Crippen molar-refractivity contribution in [2.75, 3.05) is 25.1 Å². The van der Waals surface area contributed by atoms with Crippen LogP contribution in [0.2, 0.25) is 0 Å². The molecule has 1 aromatic rings. The molecule has 0 radical (unpaired) electrons. The lowest BCUT2D eigenvalue weighted by Crippen LogP contribution is -2.22. The van der Waals surface area contributed by atoms with E-state index in [4.69, 9.17) is 10.00 Å². The summed E-state index contributed by atoms with van der Waals surface area (Å²) in [6, 6.07) is 7.63. The van der Waals surface area contributed by atoms with Crippen molar-refractivity contribution in [3.63, 3.8) is 0 Å². The number of anilines is 1. The molecule has 18 heavy (non-hydrogen) atoms. The Morgan fingerprint density at radius 1 is 1.56 bits per heavy atom. The summed E-state index contributed by atoms with van der Waals surface area (Å²) in [5, 5.41) is 9.06. The summed E-state index contributed by atoms with van der Waals surface area (Å²) in [6.45, 7) is 2.70. The fourth-order valence-corrected chi connectivity index (χ4v) is 1.90. The first kappa shape index (κ1) is 14.5. The predicted molar refractivity (Wildman–Crippen MR) is 73.4 cm³/mol. The number of halogens is 1. The topological polar surface area (TPSA) is 53.3 Å². The van der Waals surface area contributed by atoms with Crippen molar-refractivity contribution >= 4 is 27.6 Å². The first-order valence-electron chi connectivity index (χ1n) is 5.65. The van der Waals surface area contributed by atoms with Crippen molar-refractivity contribution < 1.29 is 9.53 Å². The minimum Gasteiger partial charge on any atom is -0.466 e. The number of hydrogen-bond acceptors (Lipinski definition) is 4. The van der Waals surface area contributed by atoms with Crippen LogP contribution in [0.3, 0.4) is 0 Å². The standard InChI is InChI=1S/C13H15BrN2O2/c1-3-18-13(17)6-7-16(2)12-5-4-11(14)8-10(12)9-15/h4-5,8H,3,6-7H2,1-2H3.